The predicted molar refractivity (Wildman–Crippen MR) is 89.2 cm³/mol. The standard InChI is InChI=1S/C12H13N5O2.C4H10O2/c13-5-12(6-18)4-3-10(19-12)8-1-2-9-11(14)15-7-16-17(8)9;1-4(2,5)6-3/h1-2,7,10,18H,3-4,6H2,(H2,14,15,16);5H,1-3H3/t10?,12-;/m1./s1. The Balaban J connectivity index is 0.000000326. The van der Waals surface area contributed by atoms with Crippen molar-refractivity contribution in [2.45, 2.75) is 44.2 Å². The number of hydrogen-bond acceptors (Lipinski definition) is 8. The molecule has 3 rings (SSSR count). The number of nitrogen functional groups attached to an aromatic ring is 1. The number of hydrogen-bond donors (Lipinski definition) is 3. The maximum Gasteiger partial charge on any atom is 0.177 e. The molecule has 1 saturated heterocycles. The van der Waals surface area contributed by atoms with Gasteiger partial charge in [0.1, 0.15) is 24.0 Å². The van der Waals surface area contributed by atoms with Gasteiger partial charge in [0.25, 0.3) is 0 Å². The van der Waals surface area contributed by atoms with Crippen LogP contribution in [0.5, 0.6) is 0 Å². The molecule has 136 valence electrons. The smallest absolute Gasteiger partial charge is 0.177 e. The summed E-state index contributed by atoms with van der Waals surface area (Å²) in [5.41, 5.74) is 6.19. The number of aliphatic hydroxyl groups is 2. The zero-order valence-electron chi connectivity index (χ0n) is 14.5. The fourth-order valence-electron chi connectivity index (χ4n) is 2.41. The molecule has 2 aromatic rings. The van der Waals surface area contributed by atoms with Crippen LogP contribution in [0.4, 0.5) is 5.82 Å². The van der Waals surface area contributed by atoms with Crippen molar-refractivity contribution in [1.82, 2.24) is 14.6 Å². The SMILES string of the molecule is COC(C)(C)O.N#C[C@@]1(CO)CCC(c2ccc3c(N)ncnn23)O1. The second-order valence-electron chi connectivity index (χ2n) is 6.26. The van der Waals surface area contributed by atoms with Crippen molar-refractivity contribution in [2.75, 3.05) is 19.5 Å². The van der Waals surface area contributed by atoms with E-state index in [4.69, 9.17) is 20.8 Å². The maximum absolute atomic E-state index is 9.29. The highest BCUT2D eigenvalue weighted by molar-refractivity contribution is 5.65. The number of methoxy groups -OCH3 is 1. The van der Waals surface area contributed by atoms with Gasteiger partial charge in [-0.05, 0) is 38.8 Å². The van der Waals surface area contributed by atoms with Crippen molar-refractivity contribution in [1.29, 1.82) is 5.26 Å². The number of aromatic nitrogens is 3. The van der Waals surface area contributed by atoms with Crippen molar-refractivity contribution < 1.29 is 19.7 Å². The molecular formula is C16H23N5O4. The average Bonchev–Trinajstić information content (AvgIpc) is 3.20. The first-order chi connectivity index (χ1) is 11.7. The minimum absolute atomic E-state index is 0.274. The van der Waals surface area contributed by atoms with E-state index in [1.165, 1.54) is 13.4 Å². The highest BCUT2D eigenvalue weighted by Gasteiger charge is 2.41. The summed E-state index contributed by atoms with van der Waals surface area (Å²) in [6.07, 6.45) is 2.26. The molecule has 1 aliphatic heterocycles. The van der Waals surface area contributed by atoms with Crippen LogP contribution in [0.2, 0.25) is 0 Å². The largest absolute Gasteiger partial charge is 0.392 e. The van der Waals surface area contributed by atoms with Crippen LogP contribution in [-0.2, 0) is 9.47 Å². The molecule has 25 heavy (non-hydrogen) atoms. The van der Waals surface area contributed by atoms with E-state index in [0.717, 1.165) is 5.69 Å². The van der Waals surface area contributed by atoms with Gasteiger partial charge in [0.15, 0.2) is 17.2 Å². The quantitative estimate of drug-likeness (QED) is 0.691. The number of aliphatic hydroxyl groups excluding tert-OH is 1. The second kappa shape index (κ2) is 7.33. The minimum Gasteiger partial charge on any atom is -0.392 e. The van der Waals surface area contributed by atoms with Crippen LogP contribution in [0.1, 0.15) is 38.5 Å². The fourth-order valence-corrected chi connectivity index (χ4v) is 2.41. The molecule has 1 fully saturated rings. The number of rotatable bonds is 3. The first-order valence-corrected chi connectivity index (χ1v) is 7.81. The number of nitrogens with two attached hydrogens (primary N) is 1. The lowest BCUT2D eigenvalue weighted by Gasteiger charge is -2.18. The summed E-state index contributed by atoms with van der Waals surface area (Å²) < 4.78 is 11.9. The molecule has 2 atom stereocenters. The first kappa shape index (κ1) is 19.1. The molecule has 9 nitrogen and oxygen atoms in total. The van der Waals surface area contributed by atoms with Crippen LogP contribution < -0.4 is 5.73 Å². The Bertz CT molecular complexity index is 764. The van der Waals surface area contributed by atoms with Gasteiger partial charge in [-0.1, -0.05) is 0 Å². The Morgan fingerprint density at radius 1 is 1.56 bits per heavy atom. The zero-order chi connectivity index (χ0) is 18.7. The molecule has 0 bridgehead atoms. The van der Waals surface area contributed by atoms with Gasteiger partial charge in [0.05, 0.1) is 12.3 Å². The van der Waals surface area contributed by atoms with Crippen molar-refractivity contribution in [3.8, 4) is 6.07 Å². The topological polar surface area (TPSA) is 139 Å². The number of nitriles is 1. The number of anilines is 1. The van der Waals surface area contributed by atoms with Gasteiger partial charge in [-0.15, -0.1) is 0 Å². The van der Waals surface area contributed by atoms with E-state index in [1.54, 1.807) is 18.4 Å². The minimum atomic E-state index is -1.10. The molecule has 1 unspecified atom stereocenters. The van der Waals surface area contributed by atoms with Gasteiger partial charge in [0.2, 0.25) is 0 Å². The molecule has 0 aliphatic carbocycles. The van der Waals surface area contributed by atoms with Crippen LogP contribution >= 0.6 is 0 Å². The molecule has 1 aliphatic rings. The van der Waals surface area contributed by atoms with E-state index in [-0.39, 0.29) is 12.7 Å². The zero-order valence-corrected chi connectivity index (χ0v) is 14.5. The van der Waals surface area contributed by atoms with Gasteiger partial charge in [0, 0.05) is 7.11 Å². The third kappa shape index (κ3) is 4.24. The maximum atomic E-state index is 9.29. The lowest BCUT2D eigenvalue weighted by atomic mass is 10.0. The summed E-state index contributed by atoms with van der Waals surface area (Å²) in [6, 6.07) is 5.72. The molecular weight excluding hydrogens is 326 g/mol. The van der Waals surface area contributed by atoms with E-state index < -0.39 is 11.4 Å². The first-order valence-electron chi connectivity index (χ1n) is 7.81. The number of fused-ring (bicyclic) bond motifs is 1. The van der Waals surface area contributed by atoms with Gasteiger partial charge in [-0.3, -0.25) is 0 Å². The molecule has 2 aromatic heterocycles. The summed E-state index contributed by atoms with van der Waals surface area (Å²) in [7, 11) is 1.46. The Kier molecular flexibility index (Phi) is 5.59. The lowest BCUT2D eigenvalue weighted by Crippen LogP contribution is -2.30. The summed E-state index contributed by atoms with van der Waals surface area (Å²) in [5.74, 6) is -0.562. The summed E-state index contributed by atoms with van der Waals surface area (Å²) in [5, 5.41) is 31.1. The molecule has 0 amide bonds. The van der Waals surface area contributed by atoms with Crippen LogP contribution in [0.25, 0.3) is 5.52 Å². The third-order valence-corrected chi connectivity index (χ3v) is 3.98. The summed E-state index contributed by atoms with van der Waals surface area (Å²) in [4.78, 5) is 3.92. The molecule has 4 N–H and O–H groups in total. The Hall–Kier alpha value is -2.25. The van der Waals surface area contributed by atoms with E-state index >= 15 is 0 Å². The predicted octanol–water partition coefficient (Wildman–Crippen LogP) is 0.779. The van der Waals surface area contributed by atoms with Gasteiger partial charge in [-0.25, -0.2) is 9.50 Å². The van der Waals surface area contributed by atoms with E-state index in [0.29, 0.717) is 24.2 Å². The van der Waals surface area contributed by atoms with Crippen LogP contribution in [0.15, 0.2) is 18.5 Å². The molecule has 0 radical (unpaired) electrons. The van der Waals surface area contributed by atoms with Crippen LogP contribution in [0, 0.1) is 11.3 Å². The highest BCUT2D eigenvalue weighted by Crippen LogP contribution is 2.39. The Morgan fingerprint density at radius 3 is 2.76 bits per heavy atom. The molecule has 3 heterocycles. The van der Waals surface area contributed by atoms with E-state index in [2.05, 4.69) is 14.8 Å². The molecule has 0 aromatic carbocycles. The monoisotopic (exact) mass is 349 g/mol. The van der Waals surface area contributed by atoms with E-state index in [9.17, 15) is 5.11 Å². The van der Waals surface area contributed by atoms with Gasteiger partial charge >= 0.3 is 0 Å². The third-order valence-electron chi connectivity index (χ3n) is 3.98. The van der Waals surface area contributed by atoms with Crippen molar-refractivity contribution >= 4 is 11.3 Å². The molecule has 0 spiro atoms. The highest BCUT2D eigenvalue weighted by atomic mass is 16.6. The van der Waals surface area contributed by atoms with E-state index in [1.807, 2.05) is 18.2 Å². The van der Waals surface area contributed by atoms with Crippen LogP contribution in [-0.4, -0.2) is 49.9 Å². The second-order valence-corrected chi connectivity index (χ2v) is 6.26. The average molecular weight is 349 g/mol. The molecule has 9 heteroatoms. The van der Waals surface area contributed by atoms with Crippen molar-refractivity contribution in [2.24, 2.45) is 0 Å². The lowest BCUT2D eigenvalue weighted by molar-refractivity contribution is -0.155. The molecule has 0 saturated carbocycles. The fraction of sp³-hybridized carbons (Fsp3) is 0.562. The normalized spacial score (nSPS) is 23.1. The van der Waals surface area contributed by atoms with Crippen molar-refractivity contribution in [3.63, 3.8) is 0 Å². The Labute approximate surface area is 145 Å². The van der Waals surface area contributed by atoms with Crippen molar-refractivity contribution in [3.05, 3.63) is 24.2 Å². The van der Waals surface area contributed by atoms with Crippen LogP contribution in [0.3, 0.4) is 0 Å². The summed E-state index contributed by atoms with van der Waals surface area (Å²) >= 11 is 0. The van der Waals surface area contributed by atoms with Gasteiger partial charge < -0.3 is 25.4 Å². The number of nitrogens with zero attached hydrogens (tertiary/aromatic N) is 4. The summed E-state index contributed by atoms with van der Waals surface area (Å²) in [6.45, 7) is 2.85. The number of ether oxygens (including phenoxy) is 2. The van der Waals surface area contributed by atoms with Gasteiger partial charge in [-0.2, -0.15) is 10.4 Å². The Morgan fingerprint density at radius 2 is 2.24 bits per heavy atom.